The molecule has 0 saturated carbocycles. The Morgan fingerprint density at radius 3 is 2.04 bits per heavy atom. The van der Waals surface area contributed by atoms with E-state index in [0.717, 1.165) is 70.6 Å². The Morgan fingerprint density at radius 1 is 0.756 bits per heavy atom. The van der Waals surface area contributed by atoms with Crippen molar-refractivity contribution >= 4 is 11.9 Å². The molecular weight excluding hydrogens is 570 g/mol. The maximum absolute atomic E-state index is 14.0. The predicted molar refractivity (Wildman–Crippen MR) is 176 cm³/mol. The highest BCUT2D eigenvalue weighted by molar-refractivity contribution is 5.73. The molecule has 4 aliphatic rings. The van der Waals surface area contributed by atoms with Crippen LogP contribution in [0.25, 0.3) is 0 Å². The van der Waals surface area contributed by atoms with E-state index in [4.69, 9.17) is 23.7 Å². The minimum absolute atomic E-state index is 0.0198. The van der Waals surface area contributed by atoms with Crippen LogP contribution in [0.3, 0.4) is 0 Å². The van der Waals surface area contributed by atoms with Crippen LogP contribution >= 0.6 is 0 Å². The fraction of sp³-hybridized carbons (Fsp3) is 0.946. The van der Waals surface area contributed by atoms with Crippen molar-refractivity contribution in [3.8, 4) is 0 Å². The lowest BCUT2D eigenvalue weighted by atomic mass is 9.84. The number of hydrogen-bond donors (Lipinski definition) is 0. The quantitative estimate of drug-likeness (QED) is 0.238. The average molecular weight is 636 g/mol. The van der Waals surface area contributed by atoms with Crippen molar-refractivity contribution in [3.63, 3.8) is 0 Å². The number of rotatable bonds is 10. The van der Waals surface area contributed by atoms with Crippen LogP contribution in [-0.4, -0.2) is 85.8 Å². The minimum Gasteiger partial charge on any atom is -0.462 e. The third kappa shape index (κ3) is 8.83. The first-order chi connectivity index (χ1) is 21.5. The number of carbonyl (C=O) groups is 2. The van der Waals surface area contributed by atoms with Crippen LogP contribution in [0, 0.1) is 29.6 Å². The van der Waals surface area contributed by atoms with Crippen molar-refractivity contribution in [2.24, 2.45) is 29.6 Å². The summed E-state index contributed by atoms with van der Waals surface area (Å²) in [6, 6.07) is 0.506. The van der Waals surface area contributed by atoms with Gasteiger partial charge in [0.1, 0.15) is 12.2 Å². The van der Waals surface area contributed by atoms with Gasteiger partial charge in [-0.25, -0.2) is 0 Å². The second kappa shape index (κ2) is 16.7. The van der Waals surface area contributed by atoms with Crippen LogP contribution in [-0.2, 0) is 33.3 Å². The van der Waals surface area contributed by atoms with E-state index in [9.17, 15) is 9.59 Å². The smallest absolute Gasteiger partial charge is 0.311 e. The van der Waals surface area contributed by atoms with E-state index in [2.05, 4.69) is 60.5 Å². The molecule has 0 aliphatic carbocycles. The number of hydrogen-bond acceptors (Lipinski definition) is 8. The number of cyclic esters (lactones) is 2. The molecule has 45 heavy (non-hydrogen) atoms. The molecule has 0 spiro atoms. The molecular formula is C37H65NO7. The number of nitrogens with zero attached hydrogens (tertiary/aromatic N) is 1. The van der Waals surface area contributed by atoms with Crippen molar-refractivity contribution < 1.29 is 33.3 Å². The molecule has 14 unspecified atom stereocenters. The predicted octanol–water partition coefficient (Wildman–Crippen LogP) is 6.96. The Kier molecular flexibility index (Phi) is 13.6. The van der Waals surface area contributed by atoms with Crippen molar-refractivity contribution in [3.05, 3.63) is 0 Å². The Balaban J connectivity index is 1.56. The van der Waals surface area contributed by atoms with Gasteiger partial charge in [0.2, 0.25) is 0 Å². The van der Waals surface area contributed by atoms with Gasteiger partial charge in [-0.05, 0) is 85.2 Å². The highest BCUT2D eigenvalue weighted by Gasteiger charge is 2.47. The van der Waals surface area contributed by atoms with Gasteiger partial charge in [-0.15, -0.1) is 0 Å². The zero-order valence-corrected chi connectivity index (χ0v) is 29.9. The Bertz CT molecular complexity index is 944. The molecule has 8 nitrogen and oxygen atoms in total. The zero-order chi connectivity index (χ0) is 32.8. The van der Waals surface area contributed by atoms with Gasteiger partial charge in [-0.3, -0.25) is 9.59 Å². The topological polar surface area (TPSA) is 83.5 Å². The van der Waals surface area contributed by atoms with Gasteiger partial charge in [0, 0.05) is 23.8 Å². The van der Waals surface area contributed by atoms with Gasteiger partial charge in [0.05, 0.1) is 48.5 Å². The molecule has 4 bridgehead atoms. The second-order valence-electron chi connectivity index (χ2n) is 15.1. The lowest BCUT2D eigenvalue weighted by Gasteiger charge is -2.37. The van der Waals surface area contributed by atoms with Gasteiger partial charge in [-0.2, -0.15) is 0 Å². The Morgan fingerprint density at radius 2 is 1.40 bits per heavy atom. The summed E-state index contributed by atoms with van der Waals surface area (Å²) in [5.41, 5.74) is 0. The number of ether oxygens (including phenoxy) is 5. The third-order valence-corrected chi connectivity index (χ3v) is 11.8. The van der Waals surface area contributed by atoms with E-state index in [-0.39, 0.29) is 90.4 Å². The van der Waals surface area contributed by atoms with Crippen molar-refractivity contribution in [2.75, 3.05) is 14.1 Å². The summed E-state index contributed by atoms with van der Waals surface area (Å²) in [6.45, 7) is 14.8. The molecule has 0 amide bonds. The van der Waals surface area contributed by atoms with E-state index < -0.39 is 0 Å². The maximum atomic E-state index is 14.0. The molecule has 0 aromatic heterocycles. The van der Waals surface area contributed by atoms with Gasteiger partial charge >= 0.3 is 11.9 Å². The highest BCUT2D eigenvalue weighted by atomic mass is 16.6. The fourth-order valence-electron chi connectivity index (χ4n) is 8.61. The van der Waals surface area contributed by atoms with Gasteiger partial charge in [0.15, 0.2) is 0 Å². The maximum Gasteiger partial charge on any atom is 0.311 e. The average Bonchev–Trinajstić information content (AvgIpc) is 3.80. The summed E-state index contributed by atoms with van der Waals surface area (Å²) < 4.78 is 32.8. The van der Waals surface area contributed by atoms with Crippen molar-refractivity contribution in [1.82, 2.24) is 4.90 Å². The Hall–Kier alpha value is -1.22. The summed E-state index contributed by atoms with van der Waals surface area (Å²) in [5, 5.41) is 0. The summed E-state index contributed by atoms with van der Waals surface area (Å²) >= 11 is 0. The number of esters is 2. The van der Waals surface area contributed by atoms with Crippen LogP contribution in [0.2, 0.25) is 0 Å². The van der Waals surface area contributed by atoms with Crippen LogP contribution in [0.1, 0.15) is 126 Å². The molecule has 260 valence electrons. The van der Waals surface area contributed by atoms with E-state index in [1.165, 1.54) is 0 Å². The molecule has 14 atom stereocenters. The highest BCUT2D eigenvalue weighted by Crippen LogP contribution is 2.40. The van der Waals surface area contributed by atoms with Gasteiger partial charge in [-0.1, -0.05) is 54.4 Å². The fourth-order valence-corrected chi connectivity index (χ4v) is 8.61. The summed E-state index contributed by atoms with van der Waals surface area (Å²) in [7, 11) is 4.32. The van der Waals surface area contributed by atoms with Crippen molar-refractivity contribution in [2.45, 2.75) is 180 Å². The van der Waals surface area contributed by atoms with E-state index in [0.29, 0.717) is 12.5 Å². The number of fused-ring (bicyclic) bond motifs is 4. The minimum atomic E-state index is -0.353. The molecule has 4 aliphatic heterocycles. The first kappa shape index (κ1) is 36.6. The lowest BCUT2D eigenvalue weighted by Crippen LogP contribution is -2.45. The van der Waals surface area contributed by atoms with Crippen LogP contribution < -0.4 is 0 Å². The molecule has 0 aromatic rings. The molecule has 4 rings (SSSR count). The second-order valence-corrected chi connectivity index (χ2v) is 15.1. The van der Waals surface area contributed by atoms with Crippen LogP contribution in [0.4, 0.5) is 0 Å². The third-order valence-electron chi connectivity index (χ3n) is 11.8. The zero-order valence-electron chi connectivity index (χ0n) is 29.9. The summed E-state index contributed by atoms with van der Waals surface area (Å²) in [4.78, 5) is 29.8. The summed E-state index contributed by atoms with van der Waals surface area (Å²) in [5.74, 6) is -0.975. The van der Waals surface area contributed by atoms with E-state index in [1.807, 2.05) is 6.92 Å². The molecule has 4 heterocycles. The monoisotopic (exact) mass is 635 g/mol. The number of carbonyl (C=O) groups excluding carboxylic acids is 2. The molecule has 0 N–H and O–H groups in total. The first-order valence-electron chi connectivity index (χ1n) is 18.5. The summed E-state index contributed by atoms with van der Waals surface area (Å²) in [6.07, 6.45) is 10.2. The standard InChI is InChI=1S/C37H65NO7/c1-10-13-26(38(8)9)21-27-15-16-31(41-27)23(5)35-24(6)32-17-18-33(42-32)25(7)36(39)44-29(14-11-2)22(4)30-19-20-34(43-30)28(12-3)37(40)45-35/h22-35H,10-21H2,1-9H3. The van der Waals surface area contributed by atoms with Crippen LogP contribution in [0.15, 0.2) is 0 Å². The van der Waals surface area contributed by atoms with Crippen LogP contribution in [0.5, 0.6) is 0 Å². The molecule has 4 saturated heterocycles. The largest absolute Gasteiger partial charge is 0.462 e. The lowest BCUT2D eigenvalue weighted by molar-refractivity contribution is -0.178. The SMILES string of the molecule is CCCC1OC(=O)C(C)C2CCC(O2)C(C)C(C(C)C2CCC(CC(CCC)N(C)C)O2)OC(=O)C(CC)C2CCC(O2)C1C. The van der Waals surface area contributed by atoms with Crippen molar-refractivity contribution in [1.29, 1.82) is 0 Å². The Labute approximate surface area is 274 Å². The molecule has 0 aromatic carbocycles. The van der Waals surface area contributed by atoms with Gasteiger partial charge in [0.25, 0.3) is 0 Å². The van der Waals surface area contributed by atoms with Gasteiger partial charge < -0.3 is 28.6 Å². The molecule has 4 fully saturated rings. The van der Waals surface area contributed by atoms with E-state index >= 15 is 0 Å². The molecule has 0 radical (unpaired) electrons. The van der Waals surface area contributed by atoms with E-state index in [1.54, 1.807) is 0 Å². The normalized spacial score (nSPS) is 41.2. The molecule has 8 heteroatoms. The first-order valence-corrected chi connectivity index (χ1v) is 18.5.